The van der Waals surface area contributed by atoms with E-state index in [-0.39, 0.29) is 11.3 Å². The second kappa shape index (κ2) is 7.91. The van der Waals surface area contributed by atoms with Gasteiger partial charge >= 0.3 is 6.09 Å². The molecule has 2 amide bonds. The molecule has 1 aliphatic carbocycles. The molecule has 1 fully saturated rings. The highest BCUT2D eigenvalue weighted by atomic mass is 16.6. The smallest absolute Gasteiger partial charge is 0.407 e. The van der Waals surface area contributed by atoms with Gasteiger partial charge in [0.25, 0.3) is 0 Å². The summed E-state index contributed by atoms with van der Waals surface area (Å²) in [5.74, 6) is 0.389. The van der Waals surface area contributed by atoms with E-state index in [1.54, 1.807) is 0 Å². The maximum atomic E-state index is 12.8. The number of carbonyl (C=O) groups excluding carboxylic acids is 2. The van der Waals surface area contributed by atoms with Gasteiger partial charge in [-0.2, -0.15) is 0 Å². The van der Waals surface area contributed by atoms with Gasteiger partial charge in [-0.05, 0) is 57.4 Å². The van der Waals surface area contributed by atoms with E-state index in [1.165, 1.54) is 0 Å². The lowest BCUT2D eigenvalue weighted by Crippen LogP contribution is -2.56. The minimum atomic E-state index is -0.539. The lowest BCUT2D eigenvalue weighted by atomic mass is 9.81. The molecule has 0 bridgehead atoms. The van der Waals surface area contributed by atoms with Crippen LogP contribution in [-0.4, -0.2) is 29.7 Å². The minimum Gasteiger partial charge on any atom is -0.444 e. The zero-order valence-electron chi connectivity index (χ0n) is 17.5. The Kier molecular flexibility index (Phi) is 6.23. The van der Waals surface area contributed by atoms with E-state index in [9.17, 15) is 9.59 Å². The summed E-state index contributed by atoms with van der Waals surface area (Å²) < 4.78 is 5.31. The molecular weight excluding hydrogens is 340 g/mol. The van der Waals surface area contributed by atoms with Gasteiger partial charge in [-0.3, -0.25) is 4.79 Å². The summed E-state index contributed by atoms with van der Waals surface area (Å²) in [5, 5.41) is 6.02. The van der Waals surface area contributed by atoms with E-state index in [0.717, 1.165) is 18.4 Å². The molecule has 150 valence electrons. The van der Waals surface area contributed by atoms with Crippen LogP contribution in [-0.2, 0) is 14.9 Å². The third-order valence-corrected chi connectivity index (χ3v) is 5.06. The summed E-state index contributed by atoms with van der Waals surface area (Å²) in [4.78, 5) is 24.8. The van der Waals surface area contributed by atoms with Crippen LogP contribution in [0.5, 0.6) is 0 Å². The molecule has 0 heterocycles. The summed E-state index contributed by atoms with van der Waals surface area (Å²) >= 11 is 0. The molecule has 0 spiro atoms. The van der Waals surface area contributed by atoms with Crippen molar-refractivity contribution in [3.8, 4) is 0 Å². The Balaban J connectivity index is 1.96. The first-order valence-electron chi connectivity index (χ1n) is 9.75. The van der Waals surface area contributed by atoms with Gasteiger partial charge in [0.15, 0.2) is 0 Å². The van der Waals surface area contributed by atoms with Crippen LogP contribution in [0.2, 0.25) is 0 Å². The number of hydrogen-bond donors (Lipinski definition) is 2. The average molecular weight is 375 g/mol. The molecule has 1 aliphatic rings. The number of ether oxygens (including phenoxy) is 1. The molecule has 2 rings (SSSR count). The third kappa shape index (κ3) is 6.56. The first-order valence-corrected chi connectivity index (χ1v) is 9.75. The SMILES string of the molecule is CC(C)(C)OC(=O)NCC(C)(NC(=O)CC(C)(C)c1ccccc1)C1CC1. The molecule has 0 radical (unpaired) electrons. The fraction of sp³-hybridized carbons (Fsp3) is 0.636. The second-order valence-electron chi connectivity index (χ2n) is 9.52. The molecule has 1 unspecified atom stereocenters. The van der Waals surface area contributed by atoms with E-state index in [0.29, 0.717) is 18.9 Å². The topological polar surface area (TPSA) is 67.4 Å². The van der Waals surface area contributed by atoms with Crippen molar-refractivity contribution in [3.05, 3.63) is 35.9 Å². The summed E-state index contributed by atoms with van der Waals surface area (Å²) in [6, 6.07) is 10.1. The van der Waals surface area contributed by atoms with Crippen molar-refractivity contribution in [1.29, 1.82) is 0 Å². The highest BCUT2D eigenvalue weighted by Gasteiger charge is 2.43. The maximum absolute atomic E-state index is 12.8. The molecule has 5 heteroatoms. The Labute approximate surface area is 163 Å². The van der Waals surface area contributed by atoms with Gasteiger partial charge in [0.1, 0.15) is 5.60 Å². The summed E-state index contributed by atoms with van der Waals surface area (Å²) in [6.07, 6.45) is 2.07. The maximum Gasteiger partial charge on any atom is 0.407 e. The third-order valence-electron chi connectivity index (χ3n) is 5.06. The molecule has 0 aromatic heterocycles. The van der Waals surface area contributed by atoms with Crippen LogP contribution in [0, 0.1) is 5.92 Å². The van der Waals surface area contributed by atoms with Crippen LogP contribution < -0.4 is 10.6 Å². The van der Waals surface area contributed by atoms with E-state index < -0.39 is 17.2 Å². The predicted molar refractivity (Wildman–Crippen MR) is 108 cm³/mol. The Morgan fingerprint density at radius 2 is 1.63 bits per heavy atom. The van der Waals surface area contributed by atoms with Crippen LogP contribution in [0.15, 0.2) is 30.3 Å². The molecule has 2 N–H and O–H groups in total. The second-order valence-corrected chi connectivity index (χ2v) is 9.52. The van der Waals surface area contributed by atoms with Gasteiger partial charge in [0.05, 0.1) is 5.54 Å². The standard InChI is InChI=1S/C22H34N2O3/c1-20(2,3)27-19(26)23-15-22(6,17-12-13-17)24-18(25)14-21(4,5)16-10-8-7-9-11-16/h7-11,17H,12-15H2,1-6H3,(H,23,26)(H,24,25). The quantitative estimate of drug-likeness (QED) is 0.753. The van der Waals surface area contributed by atoms with Crippen LogP contribution >= 0.6 is 0 Å². The number of alkyl carbamates (subject to hydrolysis) is 1. The lowest BCUT2D eigenvalue weighted by molar-refractivity contribution is -0.124. The fourth-order valence-electron chi connectivity index (χ4n) is 3.34. The Morgan fingerprint density at radius 1 is 1.04 bits per heavy atom. The molecule has 27 heavy (non-hydrogen) atoms. The summed E-state index contributed by atoms with van der Waals surface area (Å²) in [7, 11) is 0. The van der Waals surface area contributed by atoms with Crippen molar-refractivity contribution in [3.63, 3.8) is 0 Å². The van der Waals surface area contributed by atoms with Crippen molar-refractivity contribution in [2.75, 3.05) is 6.54 Å². The van der Waals surface area contributed by atoms with Gasteiger partial charge in [-0.15, -0.1) is 0 Å². The molecular formula is C22H34N2O3. The Bertz CT molecular complexity index is 660. The lowest BCUT2D eigenvalue weighted by Gasteiger charge is -2.34. The predicted octanol–water partition coefficient (Wildman–Crippen LogP) is 4.16. The Morgan fingerprint density at radius 3 is 2.15 bits per heavy atom. The zero-order valence-corrected chi connectivity index (χ0v) is 17.5. The van der Waals surface area contributed by atoms with Gasteiger partial charge in [-0.25, -0.2) is 4.79 Å². The number of amides is 2. The van der Waals surface area contributed by atoms with E-state index in [1.807, 2.05) is 45.9 Å². The first-order chi connectivity index (χ1) is 12.4. The number of hydrogen-bond acceptors (Lipinski definition) is 3. The number of nitrogens with one attached hydrogen (secondary N) is 2. The molecule has 5 nitrogen and oxygen atoms in total. The zero-order chi connectivity index (χ0) is 20.3. The molecule has 1 saturated carbocycles. The first kappa shape index (κ1) is 21.3. The van der Waals surface area contributed by atoms with Gasteiger partial charge < -0.3 is 15.4 Å². The van der Waals surface area contributed by atoms with Crippen LogP contribution in [0.4, 0.5) is 4.79 Å². The van der Waals surface area contributed by atoms with Crippen molar-refractivity contribution < 1.29 is 14.3 Å². The van der Waals surface area contributed by atoms with Crippen LogP contribution in [0.3, 0.4) is 0 Å². The Hall–Kier alpha value is -2.04. The number of benzene rings is 1. The van der Waals surface area contributed by atoms with Crippen LogP contribution in [0.25, 0.3) is 0 Å². The van der Waals surface area contributed by atoms with Crippen molar-refractivity contribution >= 4 is 12.0 Å². The van der Waals surface area contributed by atoms with Gasteiger partial charge in [0, 0.05) is 13.0 Å². The van der Waals surface area contributed by atoms with E-state index in [2.05, 4.69) is 36.6 Å². The van der Waals surface area contributed by atoms with Gasteiger partial charge in [0.2, 0.25) is 5.91 Å². The highest BCUT2D eigenvalue weighted by molar-refractivity contribution is 5.78. The molecule has 1 aromatic rings. The van der Waals surface area contributed by atoms with Crippen molar-refractivity contribution in [1.82, 2.24) is 10.6 Å². The van der Waals surface area contributed by atoms with Crippen LogP contribution in [0.1, 0.15) is 66.4 Å². The normalized spacial score (nSPS) is 17.0. The van der Waals surface area contributed by atoms with Gasteiger partial charge in [-0.1, -0.05) is 44.2 Å². The average Bonchev–Trinajstić information content (AvgIpc) is 3.37. The van der Waals surface area contributed by atoms with Crippen molar-refractivity contribution in [2.24, 2.45) is 5.92 Å². The van der Waals surface area contributed by atoms with E-state index in [4.69, 9.17) is 4.74 Å². The van der Waals surface area contributed by atoms with E-state index >= 15 is 0 Å². The molecule has 0 saturated heterocycles. The number of rotatable bonds is 7. The largest absolute Gasteiger partial charge is 0.444 e. The molecule has 0 aliphatic heterocycles. The monoisotopic (exact) mass is 374 g/mol. The molecule has 1 atom stereocenters. The highest BCUT2D eigenvalue weighted by Crippen LogP contribution is 2.39. The minimum absolute atomic E-state index is 0.00393. The van der Waals surface area contributed by atoms with Crippen molar-refractivity contribution in [2.45, 2.75) is 77.4 Å². The fourth-order valence-corrected chi connectivity index (χ4v) is 3.34. The molecule has 1 aromatic carbocycles. The summed E-state index contributed by atoms with van der Waals surface area (Å²) in [5.41, 5.74) is -0.113. The summed E-state index contributed by atoms with van der Waals surface area (Å²) in [6.45, 7) is 12.0. The number of carbonyl (C=O) groups is 2.